The van der Waals surface area contributed by atoms with Gasteiger partial charge in [0.2, 0.25) is 10.0 Å². The van der Waals surface area contributed by atoms with Gasteiger partial charge in [-0.3, -0.25) is 0 Å². The van der Waals surface area contributed by atoms with Crippen LogP contribution < -0.4 is 10.5 Å². The van der Waals surface area contributed by atoms with E-state index in [1.807, 2.05) is 31.2 Å². The molecule has 1 atom stereocenters. The first-order valence-corrected chi connectivity index (χ1v) is 9.59. The molecule has 114 valence electrons. The quantitative estimate of drug-likeness (QED) is 0.543. The number of para-hydroxylation sites is 1. The zero-order valence-corrected chi connectivity index (χ0v) is 13.8. The molecular formula is C14H24N2O2S2. The number of anilines is 1. The van der Waals surface area contributed by atoms with Crippen LogP contribution >= 0.6 is 11.8 Å². The molecule has 0 aliphatic heterocycles. The fraction of sp³-hybridized carbons (Fsp3) is 0.571. The van der Waals surface area contributed by atoms with Crippen molar-refractivity contribution in [3.8, 4) is 0 Å². The smallest absolute Gasteiger partial charge is 0.212 e. The van der Waals surface area contributed by atoms with Crippen molar-refractivity contribution in [1.82, 2.24) is 4.72 Å². The standard InChI is InChI=1S/C14H24N2O2S2/c1-3-7-12(4-2)16-20(17,18)11-10-19-14-9-6-5-8-13(14)15/h5-6,8-9,12,16H,3-4,7,10-11,15H2,1-2H3. The first-order chi connectivity index (χ1) is 9.48. The van der Waals surface area contributed by atoms with Gasteiger partial charge in [-0.1, -0.05) is 32.4 Å². The molecule has 0 fully saturated rings. The zero-order valence-electron chi connectivity index (χ0n) is 12.1. The summed E-state index contributed by atoms with van der Waals surface area (Å²) in [7, 11) is -3.21. The van der Waals surface area contributed by atoms with Crippen molar-refractivity contribution in [2.45, 2.75) is 44.0 Å². The Morgan fingerprint density at radius 2 is 2.00 bits per heavy atom. The molecule has 0 saturated carbocycles. The average molecular weight is 316 g/mol. The van der Waals surface area contributed by atoms with Crippen molar-refractivity contribution in [1.29, 1.82) is 0 Å². The Bertz CT molecular complexity index is 504. The van der Waals surface area contributed by atoms with Gasteiger partial charge in [0.15, 0.2) is 0 Å². The van der Waals surface area contributed by atoms with Gasteiger partial charge in [0.05, 0.1) is 5.75 Å². The van der Waals surface area contributed by atoms with E-state index in [4.69, 9.17) is 5.73 Å². The van der Waals surface area contributed by atoms with E-state index >= 15 is 0 Å². The second-order valence-electron chi connectivity index (χ2n) is 4.72. The highest BCUT2D eigenvalue weighted by molar-refractivity contribution is 8.00. The van der Waals surface area contributed by atoms with Crippen LogP contribution in [0.1, 0.15) is 33.1 Å². The fourth-order valence-electron chi connectivity index (χ4n) is 1.88. The van der Waals surface area contributed by atoms with Gasteiger partial charge in [0, 0.05) is 22.4 Å². The number of hydrogen-bond donors (Lipinski definition) is 2. The predicted molar refractivity (Wildman–Crippen MR) is 87.5 cm³/mol. The monoisotopic (exact) mass is 316 g/mol. The van der Waals surface area contributed by atoms with Crippen LogP contribution in [0.2, 0.25) is 0 Å². The first kappa shape index (κ1) is 17.3. The van der Waals surface area contributed by atoms with Gasteiger partial charge < -0.3 is 5.73 Å². The molecule has 1 rings (SSSR count). The highest BCUT2D eigenvalue weighted by Gasteiger charge is 2.15. The minimum atomic E-state index is -3.21. The van der Waals surface area contributed by atoms with Gasteiger partial charge in [-0.25, -0.2) is 13.1 Å². The molecule has 1 aromatic carbocycles. The minimum Gasteiger partial charge on any atom is -0.398 e. The van der Waals surface area contributed by atoms with Gasteiger partial charge in [-0.2, -0.15) is 0 Å². The third kappa shape index (κ3) is 6.15. The summed E-state index contributed by atoms with van der Waals surface area (Å²) >= 11 is 1.48. The Morgan fingerprint density at radius 3 is 2.60 bits per heavy atom. The van der Waals surface area contributed by atoms with E-state index in [0.29, 0.717) is 11.4 Å². The largest absolute Gasteiger partial charge is 0.398 e. The Morgan fingerprint density at radius 1 is 1.30 bits per heavy atom. The summed E-state index contributed by atoms with van der Waals surface area (Å²) in [4.78, 5) is 0.934. The Hall–Kier alpha value is -0.720. The Kier molecular flexibility index (Phi) is 7.40. The Labute approximate surface area is 126 Å². The van der Waals surface area contributed by atoms with Gasteiger partial charge in [-0.15, -0.1) is 11.8 Å². The van der Waals surface area contributed by atoms with E-state index in [0.717, 1.165) is 24.2 Å². The molecular weight excluding hydrogens is 292 g/mol. The van der Waals surface area contributed by atoms with Gasteiger partial charge >= 0.3 is 0 Å². The molecule has 4 nitrogen and oxygen atoms in total. The minimum absolute atomic E-state index is 0.0526. The van der Waals surface area contributed by atoms with E-state index in [9.17, 15) is 8.42 Å². The van der Waals surface area contributed by atoms with Crippen molar-refractivity contribution < 1.29 is 8.42 Å². The molecule has 0 heterocycles. The van der Waals surface area contributed by atoms with Crippen molar-refractivity contribution in [2.24, 2.45) is 0 Å². The summed E-state index contributed by atoms with van der Waals surface area (Å²) in [6.45, 7) is 4.06. The van der Waals surface area contributed by atoms with Gasteiger partial charge in [0.1, 0.15) is 0 Å². The molecule has 0 amide bonds. The topological polar surface area (TPSA) is 72.2 Å². The summed E-state index contributed by atoms with van der Waals surface area (Å²) in [5, 5.41) is 0. The lowest BCUT2D eigenvalue weighted by molar-refractivity contribution is 0.513. The average Bonchev–Trinajstić information content (AvgIpc) is 2.40. The Balaban J connectivity index is 2.45. The first-order valence-electron chi connectivity index (χ1n) is 6.95. The third-order valence-electron chi connectivity index (χ3n) is 3.00. The number of hydrogen-bond acceptors (Lipinski definition) is 4. The molecule has 0 radical (unpaired) electrons. The second-order valence-corrected chi connectivity index (χ2v) is 7.73. The molecule has 0 spiro atoms. The number of thioether (sulfide) groups is 1. The SMILES string of the molecule is CCCC(CC)NS(=O)(=O)CCSc1ccccc1N. The number of nitrogens with two attached hydrogens (primary N) is 1. The number of sulfonamides is 1. The molecule has 0 saturated heterocycles. The highest BCUT2D eigenvalue weighted by atomic mass is 32.2. The van der Waals surface area contributed by atoms with Crippen LogP contribution in [0, 0.1) is 0 Å². The van der Waals surface area contributed by atoms with Crippen molar-refractivity contribution in [2.75, 3.05) is 17.2 Å². The molecule has 20 heavy (non-hydrogen) atoms. The lowest BCUT2D eigenvalue weighted by Crippen LogP contribution is -2.36. The van der Waals surface area contributed by atoms with Crippen molar-refractivity contribution >= 4 is 27.5 Å². The van der Waals surface area contributed by atoms with E-state index in [1.54, 1.807) is 0 Å². The second kappa shape index (κ2) is 8.54. The van der Waals surface area contributed by atoms with Crippen LogP contribution in [0.15, 0.2) is 29.2 Å². The zero-order chi connectivity index (χ0) is 15.0. The maximum Gasteiger partial charge on any atom is 0.212 e. The van der Waals surface area contributed by atoms with E-state index in [-0.39, 0.29) is 11.8 Å². The highest BCUT2D eigenvalue weighted by Crippen LogP contribution is 2.24. The molecule has 0 aromatic heterocycles. The van der Waals surface area contributed by atoms with Gasteiger partial charge in [-0.05, 0) is 25.0 Å². The summed E-state index contributed by atoms with van der Waals surface area (Å²) < 4.78 is 26.8. The van der Waals surface area contributed by atoms with Crippen LogP contribution in [0.25, 0.3) is 0 Å². The van der Waals surface area contributed by atoms with Crippen molar-refractivity contribution in [3.63, 3.8) is 0 Å². The molecule has 0 bridgehead atoms. The number of nitrogens with one attached hydrogen (secondary N) is 1. The van der Waals surface area contributed by atoms with E-state index in [1.165, 1.54) is 11.8 Å². The fourth-order valence-corrected chi connectivity index (χ4v) is 4.63. The predicted octanol–water partition coefficient (Wildman–Crippen LogP) is 2.86. The van der Waals surface area contributed by atoms with Crippen LogP contribution in [0.4, 0.5) is 5.69 Å². The van der Waals surface area contributed by atoms with E-state index < -0.39 is 10.0 Å². The normalized spacial score (nSPS) is 13.3. The molecule has 1 aromatic rings. The van der Waals surface area contributed by atoms with Crippen LogP contribution in [-0.2, 0) is 10.0 Å². The summed E-state index contributed by atoms with van der Waals surface area (Å²) in [6.07, 6.45) is 2.69. The van der Waals surface area contributed by atoms with E-state index in [2.05, 4.69) is 11.6 Å². The van der Waals surface area contributed by atoms with Crippen LogP contribution in [0.3, 0.4) is 0 Å². The third-order valence-corrected chi connectivity index (χ3v) is 5.79. The lowest BCUT2D eigenvalue weighted by atomic mass is 10.1. The molecule has 1 unspecified atom stereocenters. The van der Waals surface area contributed by atoms with Crippen LogP contribution in [-0.4, -0.2) is 26.0 Å². The number of rotatable bonds is 9. The van der Waals surface area contributed by atoms with Crippen LogP contribution in [0.5, 0.6) is 0 Å². The summed E-state index contributed by atoms with van der Waals surface area (Å²) in [6, 6.07) is 7.56. The maximum absolute atomic E-state index is 12.0. The molecule has 3 N–H and O–H groups in total. The van der Waals surface area contributed by atoms with Gasteiger partial charge in [0.25, 0.3) is 0 Å². The van der Waals surface area contributed by atoms with Crippen molar-refractivity contribution in [3.05, 3.63) is 24.3 Å². The summed E-state index contributed by atoms with van der Waals surface area (Å²) in [5.74, 6) is 0.623. The molecule has 0 aliphatic carbocycles. The maximum atomic E-state index is 12.0. The molecule has 0 aliphatic rings. The number of nitrogen functional groups attached to an aromatic ring is 1. The lowest BCUT2D eigenvalue weighted by Gasteiger charge is -2.16. The molecule has 6 heteroatoms. The number of benzene rings is 1. The summed E-state index contributed by atoms with van der Waals surface area (Å²) in [5.41, 5.74) is 6.52.